The number of carboxylic acid groups (broad SMARTS) is 1. The van der Waals surface area contributed by atoms with Crippen LogP contribution < -0.4 is 0 Å². The van der Waals surface area contributed by atoms with Gasteiger partial charge in [0.2, 0.25) is 0 Å². The van der Waals surface area contributed by atoms with Crippen LogP contribution in [0.2, 0.25) is 0 Å². The van der Waals surface area contributed by atoms with Gasteiger partial charge >= 0.3 is 5.97 Å². The number of benzene rings is 1. The average molecular weight is 279 g/mol. The summed E-state index contributed by atoms with van der Waals surface area (Å²) in [5, 5.41) is 9.23. The number of aliphatic carboxylic acids is 1. The molecule has 1 atom stereocenters. The van der Waals surface area contributed by atoms with Gasteiger partial charge in [0, 0.05) is 11.4 Å². The van der Waals surface area contributed by atoms with Crippen molar-refractivity contribution in [2.45, 2.75) is 30.2 Å². The average Bonchev–Trinajstić information content (AvgIpc) is 2.46. The minimum absolute atomic E-state index is 0.169. The Hall–Kier alpha value is -1.49. The van der Waals surface area contributed by atoms with Crippen LogP contribution >= 0.6 is 11.8 Å². The zero-order valence-corrected chi connectivity index (χ0v) is 11.7. The lowest BCUT2D eigenvalue weighted by Crippen LogP contribution is -2.48. The van der Waals surface area contributed by atoms with Gasteiger partial charge in [-0.25, -0.2) is 4.79 Å². The minimum Gasteiger partial charge on any atom is -0.480 e. The first-order valence-electron chi connectivity index (χ1n) is 6.32. The Kier molecular flexibility index (Phi) is 4.47. The molecule has 1 aliphatic heterocycles. The zero-order valence-electron chi connectivity index (χ0n) is 10.8. The maximum absolute atomic E-state index is 12.5. The molecule has 1 N–H and O–H groups in total. The lowest BCUT2D eigenvalue weighted by molar-refractivity contribution is -0.143. The van der Waals surface area contributed by atoms with Gasteiger partial charge in [-0.1, -0.05) is 12.1 Å². The quantitative estimate of drug-likeness (QED) is 0.864. The van der Waals surface area contributed by atoms with Gasteiger partial charge in [0.1, 0.15) is 6.04 Å². The number of carbonyl (C=O) groups is 2. The Labute approximate surface area is 116 Å². The van der Waals surface area contributed by atoms with Gasteiger partial charge in [-0.05, 0) is 37.7 Å². The number of carboxylic acids is 1. The monoisotopic (exact) mass is 279 g/mol. The molecule has 1 aromatic carbocycles. The lowest BCUT2D eigenvalue weighted by Gasteiger charge is -2.33. The molecular formula is C14H17NO3S. The minimum atomic E-state index is -0.908. The van der Waals surface area contributed by atoms with Crippen LogP contribution in [0.1, 0.15) is 29.6 Å². The maximum Gasteiger partial charge on any atom is 0.326 e. The van der Waals surface area contributed by atoms with Crippen molar-refractivity contribution in [3.05, 3.63) is 29.8 Å². The van der Waals surface area contributed by atoms with Crippen molar-refractivity contribution in [1.29, 1.82) is 0 Å². The van der Waals surface area contributed by atoms with Gasteiger partial charge < -0.3 is 10.0 Å². The van der Waals surface area contributed by atoms with Crippen LogP contribution in [-0.2, 0) is 4.79 Å². The van der Waals surface area contributed by atoms with E-state index in [1.165, 1.54) is 16.7 Å². The molecule has 1 saturated heterocycles. The highest BCUT2D eigenvalue weighted by molar-refractivity contribution is 7.98. The molecule has 0 saturated carbocycles. The number of rotatable bonds is 3. The summed E-state index contributed by atoms with van der Waals surface area (Å²) in [6, 6.07) is 6.66. The molecule has 1 aliphatic rings. The molecule has 1 aromatic rings. The molecule has 5 heteroatoms. The van der Waals surface area contributed by atoms with E-state index in [1.807, 2.05) is 24.5 Å². The van der Waals surface area contributed by atoms with E-state index in [0.29, 0.717) is 18.5 Å². The van der Waals surface area contributed by atoms with Crippen molar-refractivity contribution in [2.75, 3.05) is 12.8 Å². The smallest absolute Gasteiger partial charge is 0.326 e. The third-order valence-electron chi connectivity index (χ3n) is 3.39. The molecule has 0 radical (unpaired) electrons. The maximum atomic E-state index is 12.5. The molecule has 2 rings (SSSR count). The van der Waals surface area contributed by atoms with Gasteiger partial charge in [-0.3, -0.25) is 4.79 Å². The second kappa shape index (κ2) is 6.10. The van der Waals surface area contributed by atoms with Crippen LogP contribution in [0.3, 0.4) is 0 Å². The second-order valence-corrected chi connectivity index (χ2v) is 5.40. The van der Waals surface area contributed by atoms with Crippen molar-refractivity contribution in [3.8, 4) is 0 Å². The molecule has 1 amide bonds. The van der Waals surface area contributed by atoms with Crippen LogP contribution in [0, 0.1) is 0 Å². The Balaban J connectivity index is 2.29. The summed E-state index contributed by atoms with van der Waals surface area (Å²) in [5.74, 6) is -1.08. The van der Waals surface area contributed by atoms with Crippen molar-refractivity contribution < 1.29 is 14.7 Å². The van der Waals surface area contributed by atoms with Crippen molar-refractivity contribution >= 4 is 23.6 Å². The standard InChI is InChI=1S/C14H17NO3S/c1-19-12-8-3-2-6-10(12)13(16)15-9-5-4-7-11(15)14(17)18/h2-3,6,8,11H,4-5,7,9H2,1H3,(H,17,18)/t11-/m1/s1. The molecule has 0 spiro atoms. The predicted octanol–water partition coefficient (Wildman–Crippen LogP) is 2.49. The second-order valence-electron chi connectivity index (χ2n) is 4.55. The van der Waals surface area contributed by atoms with Crippen molar-refractivity contribution in [1.82, 2.24) is 4.90 Å². The van der Waals surface area contributed by atoms with Gasteiger partial charge in [0.25, 0.3) is 5.91 Å². The van der Waals surface area contributed by atoms with Crippen molar-refractivity contribution in [3.63, 3.8) is 0 Å². The summed E-state index contributed by atoms with van der Waals surface area (Å²) < 4.78 is 0. The molecule has 0 bridgehead atoms. The van der Waals surface area contributed by atoms with Gasteiger partial charge in [-0.2, -0.15) is 0 Å². The Morgan fingerprint density at radius 1 is 1.32 bits per heavy atom. The van der Waals surface area contributed by atoms with Crippen molar-refractivity contribution in [2.24, 2.45) is 0 Å². The third kappa shape index (κ3) is 2.92. The summed E-state index contributed by atoms with van der Waals surface area (Å²) in [5.41, 5.74) is 0.600. The number of hydrogen-bond acceptors (Lipinski definition) is 3. The highest BCUT2D eigenvalue weighted by atomic mass is 32.2. The number of thioether (sulfide) groups is 1. The fourth-order valence-corrected chi connectivity index (χ4v) is 3.00. The SMILES string of the molecule is CSc1ccccc1C(=O)N1CCCC[C@@H]1C(=O)O. The fraction of sp³-hybridized carbons (Fsp3) is 0.429. The summed E-state index contributed by atoms with van der Waals surface area (Å²) in [6.07, 6.45) is 4.20. The topological polar surface area (TPSA) is 57.6 Å². The normalized spacial score (nSPS) is 19.2. The van der Waals surface area contributed by atoms with E-state index in [0.717, 1.165) is 17.7 Å². The lowest BCUT2D eigenvalue weighted by atomic mass is 10.0. The van der Waals surface area contributed by atoms with Gasteiger partial charge in [0.05, 0.1) is 5.56 Å². The van der Waals surface area contributed by atoms with E-state index >= 15 is 0 Å². The molecule has 0 aromatic heterocycles. The van der Waals surface area contributed by atoms with Crippen LogP contribution in [0.4, 0.5) is 0 Å². The van der Waals surface area contributed by atoms with Crippen LogP contribution in [0.15, 0.2) is 29.2 Å². The summed E-state index contributed by atoms with van der Waals surface area (Å²) in [7, 11) is 0. The van der Waals surface area contributed by atoms with E-state index in [9.17, 15) is 14.7 Å². The molecular weight excluding hydrogens is 262 g/mol. The third-order valence-corrected chi connectivity index (χ3v) is 4.18. The highest BCUT2D eigenvalue weighted by Crippen LogP contribution is 2.25. The first kappa shape index (κ1) is 13.9. The van der Waals surface area contributed by atoms with E-state index in [-0.39, 0.29) is 5.91 Å². The number of carbonyl (C=O) groups excluding carboxylic acids is 1. The largest absolute Gasteiger partial charge is 0.480 e. The van der Waals surface area contributed by atoms with Crippen LogP contribution in [0.25, 0.3) is 0 Å². The molecule has 0 aliphatic carbocycles. The van der Waals surface area contributed by atoms with E-state index in [1.54, 1.807) is 6.07 Å². The Morgan fingerprint density at radius 2 is 2.05 bits per heavy atom. The molecule has 4 nitrogen and oxygen atoms in total. The number of amides is 1. The van der Waals surface area contributed by atoms with E-state index in [2.05, 4.69) is 0 Å². The van der Waals surface area contributed by atoms with E-state index in [4.69, 9.17) is 0 Å². The number of likely N-dealkylation sites (tertiary alicyclic amines) is 1. The molecule has 19 heavy (non-hydrogen) atoms. The zero-order chi connectivity index (χ0) is 13.8. The first-order valence-corrected chi connectivity index (χ1v) is 7.54. The van der Waals surface area contributed by atoms with Gasteiger partial charge in [0.15, 0.2) is 0 Å². The van der Waals surface area contributed by atoms with Crippen LogP contribution in [-0.4, -0.2) is 40.7 Å². The molecule has 102 valence electrons. The number of nitrogens with zero attached hydrogens (tertiary/aromatic N) is 1. The summed E-state index contributed by atoms with van der Waals surface area (Å²) in [6.45, 7) is 0.526. The molecule has 0 unspecified atom stereocenters. The molecule has 1 fully saturated rings. The number of hydrogen-bond donors (Lipinski definition) is 1. The first-order chi connectivity index (χ1) is 9.15. The Bertz CT molecular complexity index is 489. The number of piperidine rings is 1. The van der Waals surface area contributed by atoms with E-state index < -0.39 is 12.0 Å². The van der Waals surface area contributed by atoms with Crippen LogP contribution in [0.5, 0.6) is 0 Å². The highest BCUT2D eigenvalue weighted by Gasteiger charge is 2.33. The van der Waals surface area contributed by atoms with Gasteiger partial charge in [-0.15, -0.1) is 11.8 Å². The Morgan fingerprint density at radius 3 is 2.74 bits per heavy atom. The summed E-state index contributed by atoms with van der Waals surface area (Å²) >= 11 is 1.50. The fourth-order valence-electron chi connectivity index (χ4n) is 2.41. The molecule has 1 heterocycles. The predicted molar refractivity (Wildman–Crippen MR) is 74.5 cm³/mol. The summed E-state index contributed by atoms with van der Waals surface area (Å²) in [4.78, 5) is 26.2.